The first-order valence-electron chi connectivity index (χ1n) is 9.48. The fraction of sp³-hybridized carbons (Fsp3) is 0.208. The van der Waals surface area contributed by atoms with Crippen molar-refractivity contribution in [3.8, 4) is 11.1 Å². The zero-order chi connectivity index (χ0) is 18.2. The molecule has 1 amide bonds. The van der Waals surface area contributed by atoms with Gasteiger partial charge in [-0.2, -0.15) is 0 Å². The van der Waals surface area contributed by atoms with E-state index in [0.717, 1.165) is 24.1 Å². The van der Waals surface area contributed by atoms with Gasteiger partial charge in [0.05, 0.1) is 19.1 Å². The Morgan fingerprint density at radius 1 is 0.926 bits per heavy atom. The number of anilines is 1. The summed E-state index contributed by atoms with van der Waals surface area (Å²) in [6.07, 6.45) is 2.02. The molecule has 1 aliphatic carbocycles. The quantitative estimate of drug-likeness (QED) is 0.568. The normalized spacial score (nSPS) is 17.0. The minimum atomic E-state index is -0.159. The van der Waals surface area contributed by atoms with Crippen molar-refractivity contribution in [2.75, 3.05) is 11.9 Å². The molecule has 2 aliphatic rings. The summed E-state index contributed by atoms with van der Waals surface area (Å²) in [7, 11) is 0. The lowest BCUT2D eigenvalue weighted by atomic mass is 9.95. The molecule has 0 fully saturated rings. The summed E-state index contributed by atoms with van der Waals surface area (Å²) in [4.78, 5) is 12.6. The van der Waals surface area contributed by atoms with Crippen LogP contribution in [0.3, 0.4) is 0 Å². The summed E-state index contributed by atoms with van der Waals surface area (Å²) < 4.78 is 5.87. The maximum atomic E-state index is 12.6. The summed E-state index contributed by atoms with van der Waals surface area (Å²) >= 11 is 0. The van der Waals surface area contributed by atoms with Crippen LogP contribution in [0, 0.1) is 0 Å². The maximum absolute atomic E-state index is 12.6. The molecule has 1 N–H and O–H groups in total. The lowest BCUT2D eigenvalue weighted by Crippen LogP contribution is -2.22. The topological polar surface area (TPSA) is 38.3 Å². The van der Waals surface area contributed by atoms with Gasteiger partial charge in [-0.05, 0) is 58.4 Å². The average Bonchev–Trinajstić information content (AvgIpc) is 3.06. The lowest BCUT2D eigenvalue weighted by molar-refractivity contribution is -0.119. The Hall–Kier alpha value is -2.91. The number of amides is 1. The van der Waals surface area contributed by atoms with Crippen molar-refractivity contribution in [2.45, 2.75) is 25.4 Å². The number of ether oxygens (including phenoxy) is 1. The number of carbonyl (C=O) groups is 1. The standard InChI is InChI=1S/C24H21NO2/c26-24(15-23-22-8-4-1-5-16(22)11-12-27-23)25-19-9-10-21-18(14-19)13-17-6-2-3-7-20(17)21/h1-10,14,23H,11-13,15H2,(H,25,26). The first-order valence-corrected chi connectivity index (χ1v) is 9.48. The fourth-order valence-electron chi connectivity index (χ4n) is 4.25. The van der Waals surface area contributed by atoms with Gasteiger partial charge in [-0.25, -0.2) is 0 Å². The summed E-state index contributed by atoms with van der Waals surface area (Å²) in [5, 5.41) is 3.06. The molecule has 3 aromatic carbocycles. The molecule has 134 valence electrons. The molecule has 3 heteroatoms. The molecule has 0 aromatic heterocycles. The second-order valence-electron chi connectivity index (χ2n) is 7.27. The molecule has 3 nitrogen and oxygen atoms in total. The molecule has 0 spiro atoms. The maximum Gasteiger partial charge on any atom is 0.227 e. The molecule has 1 heterocycles. The predicted octanol–water partition coefficient (Wildman–Crippen LogP) is 4.90. The molecule has 27 heavy (non-hydrogen) atoms. The molecule has 5 rings (SSSR count). The van der Waals surface area contributed by atoms with Crippen LogP contribution in [0.5, 0.6) is 0 Å². The van der Waals surface area contributed by atoms with Crippen LogP contribution in [0.4, 0.5) is 5.69 Å². The van der Waals surface area contributed by atoms with Crippen LogP contribution < -0.4 is 5.32 Å². The van der Waals surface area contributed by atoms with Crippen LogP contribution in [0.15, 0.2) is 66.7 Å². The van der Waals surface area contributed by atoms with Crippen molar-refractivity contribution in [3.63, 3.8) is 0 Å². The van der Waals surface area contributed by atoms with Gasteiger partial charge in [0, 0.05) is 5.69 Å². The minimum Gasteiger partial charge on any atom is -0.373 e. The minimum absolute atomic E-state index is 0.00726. The van der Waals surface area contributed by atoms with E-state index in [2.05, 4.69) is 53.8 Å². The third-order valence-corrected chi connectivity index (χ3v) is 5.54. The number of hydrogen-bond donors (Lipinski definition) is 1. The molecule has 0 radical (unpaired) electrons. The first kappa shape index (κ1) is 16.3. The van der Waals surface area contributed by atoms with Crippen LogP contribution in [-0.4, -0.2) is 12.5 Å². The molecular formula is C24H21NO2. The summed E-state index contributed by atoms with van der Waals surface area (Å²) in [6, 6.07) is 22.9. The number of rotatable bonds is 3. The summed E-state index contributed by atoms with van der Waals surface area (Å²) in [6.45, 7) is 0.673. The highest BCUT2D eigenvalue weighted by Crippen LogP contribution is 2.37. The second kappa shape index (κ2) is 6.67. The lowest BCUT2D eigenvalue weighted by Gasteiger charge is -2.25. The van der Waals surface area contributed by atoms with E-state index >= 15 is 0 Å². The van der Waals surface area contributed by atoms with Crippen LogP contribution in [-0.2, 0) is 22.4 Å². The van der Waals surface area contributed by atoms with Crippen molar-refractivity contribution in [1.82, 2.24) is 0 Å². The smallest absolute Gasteiger partial charge is 0.227 e. The Bertz CT molecular complexity index is 1020. The molecule has 1 aliphatic heterocycles. The van der Waals surface area contributed by atoms with Gasteiger partial charge in [-0.15, -0.1) is 0 Å². The number of nitrogens with one attached hydrogen (secondary N) is 1. The summed E-state index contributed by atoms with van der Waals surface area (Å²) in [5.74, 6) is -0.00726. The highest BCUT2D eigenvalue weighted by molar-refractivity contribution is 5.92. The van der Waals surface area contributed by atoms with Gasteiger partial charge in [0.2, 0.25) is 5.91 Å². The van der Waals surface area contributed by atoms with Crippen molar-refractivity contribution >= 4 is 11.6 Å². The van der Waals surface area contributed by atoms with Gasteiger partial charge in [0.25, 0.3) is 0 Å². The summed E-state index contributed by atoms with van der Waals surface area (Å²) in [5.41, 5.74) is 8.48. The Morgan fingerprint density at radius 2 is 1.70 bits per heavy atom. The zero-order valence-corrected chi connectivity index (χ0v) is 15.1. The van der Waals surface area contributed by atoms with E-state index in [9.17, 15) is 4.79 Å². The van der Waals surface area contributed by atoms with E-state index in [1.807, 2.05) is 18.2 Å². The van der Waals surface area contributed by atoms with E-state index in [4.69, 9.17) is 4.74 Å². The van der Waals surface area contributed by atoms with Crippen molar-refractivity contribution in [3.05, 3.63) is 89.0 Å². The Labute approximate surface area is 159 Å². The molecular weight excluding hydrogens is 334 g/mol. The number of hydrogen-bond acceptors (Lipinski definition) is 2. The van der Waals surface area contributed by atoms with Gasteiger partial charge >= 0.3 is 0 Å². The zero-order valence-electron chi connectivity index (χ0n) is 15.1. The van der Waals surface area contributed by atoms with E-state index < -0.39 is 0 Å². The highest BCUT2D eigenvalue weighted by atomic mass is 16.5. The van der Waals surface area contributed by atoms with Gasteiger partial charge in [0.15, 0.2) is 0 Å². The van der Waals surface area contributed by atoms with Gasteiger partial charge in [-0.3, -0.25) is 4.79 Å². The van der Waals surface area contributed by atoms with Crippen molar-refractivity contribution < 1.29 is 9.53 Å². The molecule has 0 saturated carbocycles. The molecule has 0 saturated heterocycles. The molecule has 3 aromatic rings. The van der Waals surface area contributed by atoms with E-state index in [-0.39, 0.29) is 12.0 Å². The Kier molecular flexibility index (Phi) is 4.02. The van der Waals surface area contributed by atoms with Gasteiger partial charge in [0.1, 0.15) is 0 Å². The molecule has 1 unspecified atom stereocenters. The van der Waals surface area contributed by atoms with Crippen LogP contribution in [0.25, 0.3) is 11.1 Å². The highest BCUT2D eigenvalue weighted by Gasteiger charge is 2.23. The largest absolute Gasteiger partial charge is 0.373 e. The van der Waals surface area contributed by atoms with E-state index in [1.54, 1.807) is 0 Å². The SMILES string of the molecule is O=C(CC1OCCc2ccccc21)Nc1ccc2c(c1)Cc1ccccc1-2. The van der Waals surface area contributed by atoms with Crippen LogP contribution >= 0.6 is 0 Å². The van der Waals surface area contributed by atoms with Crippen molar-refractivity contribution in [2.24, 2.45) is 0 Å². The van der Waals surface area contributed by atoms with Gasteiger partial charge < -0.3 is 10.1 Å². The third kappa shape index (κ3) is 3.04. The number of carbonyl (C=O) groups excluding carboxylic acids is 1. The molecule has 0 bridgehead atoms. The molecule has 1 atom stereocenters. The van der Waals surface area contributed by atoms with Crippen LogP contribution in [0.2, 0.25) is 0 Å². The van der Waals surface area contributed by atoms with Gasteiger partial charge in [-0.1, -0.05) is 54.6 Å². The fourth-order valence-corrected chi connectivity index (χ4v) is 4.25. The van der Waals surface area contributed by atoms with E-state index in [1.165, 1.54) is 27.8 Å². The van der Waals surface area contributed by atoms with Crippen LogP contribution in [0.1, 0.15) is 34.8 Å². The Balaban J connectivity index is 1.31. The first-order chi connectivity index (χ1) is 13.3. The van der Waals surface area contributed by atoms with E-state index in [0.29, 0.717) is 13.0 Å². The Morgan fingerprint density at radius 3 is 2.63 bits per heavy atom. The average molecular weight is 355 g/mol. The third-order valence-electron chi connectivity index (χ3n) is 5.54. The number of benzene rings is 3. The second-order valence-corrected chi connectivity index (χ2v) is 7.27. The monoisotopic (exact) mass is 355 g/mol. The van der Waals surface area contributed by atoms with Crippen molar-refractivity contribution in [1.29, 1.82) is 0 Å². The predicted molar refractivity (Wildman–Crippen MR) is 107 cm³/mol. The number of fused-ring (bicyclic) bond motifs is 4.